The zero-order valence-electron chi connectivity index (χ0n) is 30.2. The number of rotatable bonds is 7. The lowest BCUT2D eigenvalue weighted by molar-refractivity contribution is 0.669. The first-order valence-corrected chi connectivity index (χ1v) is 19.6. The quantitative estimate of drug-likeness (QED) is 0.153. The number of furan rings is 1. The van der Waals surface area contributed by atoms with Crippen LogP contribution in [0.3, 0.4) is 0 Å². The third-order valence-corrected chi connectivity index (χ3v) is 11.7. The van der Waals surface area contributed by atoms with Gasteiger partial charge in [0, 0.05) is 61.2 Å². The molecule has 4 nitrogen and oxygen atoms in total. The summed E-state index contributed by atoms with van der Waals surface area (Å²) >= 11 is 1.76. The Morgan fingerprint density at radius 2 is 0.839 bits per heavy atom. The van der Waals surface area contributed by atoms with Gasteiger partial charge in [-0.1, -0.05) is 121 Å². The molecule has 0 aliphatic heterocycles. The van der Waals surface area contributed by atoms with E-state index in [0.717, 1.165) is 72.2 Å². The van der Waals surface area contributed by atoms with E-state index in [9.17, 15) is 0 Å². The molecule has 0 atom stereocenters. The van der Waals surface area contributed by atoms with Crippen LogP contribution in [0.4, 0.5) is 34.1 Å². The maximum absolute atomic E-state index is 6.28. The molecule has 2 aromatic heterocycles. The molecule has 0 fully saturated rings. The van der Waals surface area contributed by atoms with Crippen molar-refractivity contribution in [3.05, 3.63) is 200 Å². The molecular formula is C51H33N3OS. The summed E-state index contributed by atoms with van der Waals surface area (Å²) in [6, 6.07) is 70.8. The van der Waals surface area contributed by atoms with Gasteiger partial charge in [0.05, 0.1) is 10.2 Å². The minimum atomic E-state index is 0.866. The Labute approximate surface area is 327 Å². The molecule has 0 radical (unpaired) electrons. The van der Waals surface area contributed by atoms with Gasteiger partial charge in [0.25, 0.3) is 0 Å². The summed E-state index contributed by atoms with van der Waals surface area (Å²) in [6.45, 7) is 0. The van der Waals surface area contributed by atoms with Crippen LogP contribution in [0.5, 0.6) is 0 Å². The molecule has 0 unspecified atom stereocenters. The number of aromatic nitrogens is 1. The summed E-state index contributed by atoms with van der Waals surface area (Å²) in [4.78, 5) is 10.2. The molecule has 0 saturated carbocycles. The van der Waals surface area contributed by atoms with Crippen molar-refractivity contribution in [2.45, 2.75) is 0 Å². The van der Waals surface area contributed by atoms with E-state index in [1.807, 2.05) is 12.1 Å². The monoisotopic (exact) mass is 735 g/mol. The van der Waals surface area contributed by atoms with Crippen molar-refractivity contribution in [2.75, 3.05) is 9.80 Å². The molecule has 0 saturated heterocycles. The molecule has 2 heterocycles. The van der Waals surface area contributed by atoms with Crippen LogP contribution in [0.2, 0.25) is 0 Å². The van der Waals surface area contributed by atoms with Gasteiger partial charge >= 0.3 is 0 Å². The predicted octanol–water partition coefficient (Wildman–Crippen LogP) is 15.1. The smallest absolute Gasteiger partial charge is 0.135 e. The van der Waals surface area contributed by atoms with Gasteiger partial charge in [-0.25, -0.2) is 4.98 Å². The fraction of sp³-hybridized carbons (Fsp3) is 0. The second-order valence-electron chi connectivity index (χ2n) is 14.0. The first-order chi connectivity index (χ1) is 27.8. The summed E-state index contributed by atoms with van der Waals surface area (Å²) in [7, 11) is 0. The first kappa shape index (κ1) is 32.2. The lowest BCUT2D eigenvalue weighted by Crippen LogP contribution is -2.13. The molecule has 56 heavy (non-hydrogen) atoms. The van der Waals surface area contributed by atoms with Gasteiger partial charge in [-0.15, -0.1) is 11.3 Å². The average molecular weight is 736 g/mol. The fourth-order valence-corrected chi connectivity index (χ4v) is 9.21. The van der Waals surface area contributed by atoms with Crippen LogP contribution in [-0.2, 0) is 0 Å². The van der Waals surface area contributed by atoms with Crippen LogP contribution in [0.25, 0.3) is 64.3 Å². The van der Waals surface area contributed by atoms with Crippen molar-refractivity contribution in [1.29, 1.82) is 0 Å². The minimum absolute atomic E-state index is 0.866. The van der Waals surface area contributed by atoms with E-state index in [2.05, 4.69) is 198 Å². The van der Waals surface area contributed by atoms with Gasteiger partial charge in [0.2, 0.25) is 0 Å². The Balaban J connectivity index is 1.20. The van der Waals surface area contributed by atoms with Gasteiger partial charge in [-0.2, -0.15) is 0 Å². The van der Waals surface area contributed by atoms with E-state index in [4.69, 9.17) is 9.40 Å². The van der Waals surface area contributed by atoms with Crippen LogP contribution >= 0.6 is 11.3 Å². The highest BCUT2D eigenvalue weighted by atomic mass is 32.1. The van der Waals surface area contributed by atoms with Crippen LogP contribution in [0.1, 0.15) is 0 Å². The van der Waals surface area contributed by atoms with Gasteiger partial charge in [0.1, 0.15) is 16.2 Å². The highest BCUT2D eigenvalue weighted by Gasteiger charge is 2.22. The molecule has 0 aliphatic rings. The molecule has 11 rings (SSSR count). The van der Waals surface area contributed by atoms with E-state index in [1.165, 1.54) is 26.2 Å². The SMILES string of the molecule is c1ccc(N(c2ccccc2)c2cc(-c3nc4c5ccccc5c5ccccc5c4s3)cc(N(c3ccccc3)c3ccc4oc5ccccc5c4c3)c2)cc1. The second kappa shape index (κ2) is 13.3. The van der Waals surface area contributed by atoms with E-state index < -0.39 is 0 Å². The standard InChI is InChI=1S/C51H33N3OS/c1-4-16-35(17-5-1)53(36-18-6-2-7-19-36)39-30-34(51-52-49-44-25-12-10-22-41(44)42-23-11-13-26-45(42)50(49)56-51)31-40(32-39)54(37-20-8-3-9-21-37)38-28-29-48-46(33-38)43-24-14-15-27-47(43)55-48/h1-33H. The van der Waals surface area contributed by atoms with Crippen LogP contribution in [0, 0.1) is 0 Å². The zero-order valence-corrected chi connectivity index (χ0v) is 31.0. The maximum atomic E-state index is 6.28. The average Bonchev–Trinajstić information content (AvgIpc) is 3.88. The van der Waals surface area contributed by atoms with Crippen molar-refractivity contribution in [3.63, 3.8) is 0 Å². The molecule has 0 amide bonds. The molecule has 0 aliphatic carbocycles. The summed E-state index contributed by atoms with van der Waals surface area (Å²) in [5, 5.41) is 8.01. The van der Waals surface area contributed by atoms with Gasteiger partial charge < -0.3 is 14.2 Å². The number of anilines is 6. The second-order valence-corrected chi connectivity index (χ2v) is 15.0. The molecule has 0 bridgehead atoms. The maximum Gasteiger partial charge on any atom is 0.135 e. The van der Waals surface area contributed by atoms with Crippen LogP contribution in [-0.4, -0.2) is 4.98 Å². The Morgan fingerprint density at radius 1 is 0.357 bits per heavy atom. The van der Waals surface area contributed by atoms with E-state index >= 15 is 0 Å². The summed E-state index contributed by atoms with van der Waals surface area (Å²) in [5.74, 6) is 0. The van der Waals surface area contributed by atoms with Gasteiger partial charge in [0.15, 0.2) is 0 Å². The zero-order chi connectivity index (χ0) is 37.0. The van der Waals surface area contributed by atoms with Crippen molar-refractivity contribution in [3.8, 4) is 10.6 Å². The van der Waals surface area contributed by atoms with Crippen LogP contribution < -0.4 is 9.80 Å². The summed E-state index contributed by atoms with van der Waals surface area (Å²) in [5.41, 5.74) is 10.1. The Hall–Kier alpha value is -7.21. The van der Waals surface area contributed by atoms with Crippen molar-refractivity contribution in [1.82, 2.24) is 4.98 Å². The molecule has 264 valence electrons. The van der Waals surface area contributed by atoms with Gasteiger partial charge in [-0.05, 0) is 89.6 Å². The van der Waals surface area contributed by atoms with E-state index in [0.29, 0.717) is 0 Å². The number of fused-ring (bicyclic) bond motifs is 9. The molecule has 9 aromatic carbocycles. The molecule has 5 heteroatoms. The number of thiazole rings is 1. The first-order valence-electron chi connectivity index (χ1n) is 18.8. The Bertz CT molecular complexity index is 3100. The third-order valence-electron chi connectivity index (χ3n) is 10.6. The fourth-order valence-electron chi connectivity index (χ4n) is 8.10. The Kier molecular flexibility index (Phi) is 7.64. The highest BCUT2D eigenvalue weighted by molar-refractivity contribution is 7.22. The van der Waals surface area contributed by atoms with Gasteiger partial charge in [-0.3, -0.25) is 0 Å². The normalized spacial score (nSPS) is 11.6. The number of para-hydroxylation sites is 4. The van der Waals surface area contributed by atoms with E-state index in [1.54, 1.807) is 11.3 Å². The topological polar surface area (TPSA) is 32.5 Å². The lowest BCUT2D eigenvalue weighted by Gasteiger charge is -2.30. The number of benzene rings is 9. The number of nitrogens with zero attached hydrogens (tertiary/aromatic N) is 3. The van der Waals surface area contributed by atoms with Crippen molar-refractivity contribution < 1.29 is 4.42 Å². The predicted molar refractivity (Wildman–Crippen MR) is 237 cm³/mol. The Morgan fingerprint density at radius 3 is 1.46 bits per heavy atom. The number of hydrogen-bond donors (Lipinski definition) is 0. The molecule has 11 aromatic rings. The summed E-state index contributed by atoms with van der Waals surface area (Å²) < 4.78 is 7.48. The van der Waals surface area contributed by atoms with Crippen molar-refractivity contribution in [2.24, 2.45) is 0 Å². The highest BCUT2D eigenvalue weighted by Crippen LogP contribution is 2.46. The molecule has 0 spiro atoms. The number of hydrogen-bond acceptors (Lipinski definition) is 5. The van der Waals surface area contributed by atoms with E-state index in [-0.39, 0.29) is 0 Å². The van der Waals surface area contributed by atoms with Crippen LogP contribution in [0.15, 0.2) is 205 Å². The minimum Gasteiger partial charge on any atom is -0.456 e. The largest absolute Gasteiger partial charge is 0.456 e. The lowest BCUT2D eigenvalue weighted by atomic mass is 10.0. The third kappa shape index (κ3) is 5.40. The van der Waals surface area contributed by atoms with Crippen molar-refractivity contribution >= 4 is 99.2 Å². The molecular weight excluding hydrogens is 703 g/mol. The summed E-state index contributed by atoms with van der Waals surface area (Å²) in [6.07, 6.45) is 0. The molecule has 0 N–H and O–H groups in total.